The van der Waals surface area contributed by atoms with E-state index in [-0.39, 0.29) is 30.3 Å². The summed E-state index contributed by atoms with van der Waals surface area (Å²) in [7, 11) is 0. The lowest BCUT2D eigenvalue weighted by atomic mass is 10.1. The SMILES string of the molecule is O=C(NC[C@@H]1CCCO1)c1ccc(/C=C2\Sc3ccccc3N(Cc3ccccc3F)C2=O)cc1. The molecule has 1 fully saturated rings. The maximum Gasteiger partial charge on any atom is 0.265 e. The number of hydrogen-bond acceptors (Lipinski definition) is 4. The maximum atomic E-state index is 14.3. The summed E-state index contributed by atoms with van der Waals surface area (Å²) < 4.78 is 19.9. The molecule has 0 aromatic heterocycles. The topological polar surface area (TPSA) is 58.6 Å². The molecule has 0 spiro atoms. The molecular formula is C28H25FN2O3S. The van der Waals surface area contributed by atoms with E-state index < -0.39 is 0 Å². The summed E-state index contributed by atoms with van der Waals surface area (Å²) in [6, 6.07) is 21.3. The zero-order chi connectivity index (χ0) is 24.2. The number of anilines is 1. The summed E-state index contributed by atoms with van der Waals surface area (Å²) in [6.45, 7) is 1.40. The zero-order valence-electron chi connectivity index (χ0n) is 19.1. The number of ether oxygens (including phenoxy) is 1. The van der Waals surface area contributed by atoms with Crippen molar-refractivity contribution < 1.29 is 18.7 Å². The summed E-state index contributed by atoms with van der Waals surface area (Å²) in [4.78, 5) is 29.0. The summed E-state index contributed by atoms with van der Waals surface area (Å²) >= 11 is 1.39. The van der Waals surface area contributed by atoms with Crippen LogP contribution in [-0.4, -0.2) is 31.1 Å². The normalized spacial score (nSPS) is 18.5. The minimum atomic E-state index is -0.338. The van der Waals surface area contributed by atoms with Crippen molar-refractivity contribution in [3.8, 4) is 0 Å². The van der Waals surface area contributed by atoms with Crippen LogP contribution in [0.15, 0.2) is 82.6 Å². The lowest BCUT2D eigenvalue weighted by Crippen LogP contribution is -2.34. The van der Waals surface area contributed by atoms with Crippen molar-refractivity contribution in [1.82, 2.24) is 5.32 Å². The molecule has 5 nitrogen and oxygen atoms in total. The van der Waals surface area contributed by atoms with Gasteiger partial charge in [-0.1, -0.05) is 54.2 Å². The Kier molecular flexibility index (Phi) is 6.97. The number of thioether (sulfide) groups is 1. The van der Waals surface area contributed by atoms with Crippen LogP contribution in [-0.2, 0) is 16.1 Å². The molecule has 0 saturated carbocycles. The Hall–Kier alpha value is -3.42. The van der Waals surface area contributed by atoms with Crippen LogP contribution in [0.1, 0.15) is 34.3 Å². The van der Waals surface area contributed by atoms with Crippen molar-refractivity contribution in [3.63, 3.8) is 0 Å². The Morgan fingerprint density at radius 1 is 1.09 bits per heavy atom. The number of carbonyl (C=O) groups is 2. The number of nitrogens with one attached hydrogen (secondary N) is 1. The molecule has 3 aromatic carbocycles. The largest absolute Gasteiger partial charge is 0.376 e. The van der Waals surface area contributed by atoms with E-state index in [1.807, 2.05) is 42.5 Å². The molecule has 0 radical (unpaired) electrons. The van der Waals surface area contributed by atoms with Gasteiger partial charge in [0.2, 0.25) is 0 Å². The van der Waals surface area contributed by atoms with Gasteiger partial charge in [0.25, 0.3) is 11.8 Å². The van der Waals surface area contributed by atoms with E-state index in [1.165, 1.54) is 17.8 Å². The number of halogens is 1. The molecule has 1 saturated heterocycles. The van der Waals surface area contributed by atoms with Gasteiger partial charge in [-0.05, 0) is 54.8 Å². The van der Waals surface area contributed by atoms with Crippen LogP contribution in [0.25, 0.3) is 6.08 Å². The number of fused-ring (bicyclic) bond motifs is 1. The standard InChI is InChI=1S/C28H25FN2O3S/c29-23-8-2-1-6-21(23)18-31-24-9-3-4-10-25(24)35-26(28(31)33)16-19-11-13-20(14-12-19)27(32)30-17-22-7-5-15-34-22/h1-4,6,8-14,16,22H,5,7,15,17-18H2,(H,30,32)/b26-16-/t22-/m0/s1. The second kappa shape index (κ2) is 10.5. The van der Waals surface area contributed by atoms with Crippen molar-refractivity contribution in [2.45, 2.75) is 30.4 Å². The molecule has 2 heterocycles. The highest BCUT2D eigenvalue weighted by Crippen LogP contribution is 2.42. The van der Waals surface area contributed by atoms with E-state index in [9.17, 15) is 14.0 Å². The van der Waals surface area contributed by atoms with Crippen molar-refractivity contribution in [1.29, 1.82) is 0 Å². The van der Waals surface area contributed by atoms with Crippen LogP contribution in [0.5, 0.6) is 0 Å². The fourth-order valence-corrected chi connectivity index (χ4v) is 5.27. The first-order chi connectivity index (χ1) is 17.1. The Morgan fingerprint density at radius 3 is 2.63 bits per heavy atom. The van der Waals surface area contributed by atoms with Gasteiger partial charge in [0, 0.05) is 29.2 Å². The molecule has 2 aliphatic heterocycles. The van der Waals surface area contributed by atoms with Gasteiger partial charge < -0.3 is 15.0 Å². The van der Waals surface area contributed by atoms with Gasteiger partial charge in [0.05, 0.1) is 23.2 Å². The second-order valence-corrected chi connectivity index (χ2v) is 9.61. The van der Waals surface area contributed by atoms with Crippen molar-refractivity contribution in [2.24, 2.45) is 0 Å². The predicted molar refractivity (Wildman–Crippen MR) is 136 cm³/mol. The van der Waals surface area contributed by atoms with Crippen molar-refractivity contribution in [3.05, 3.63) is 100 Å². The van der Waals surface area contributed by atoms with Gasteiger partial charge in [0.15, 0.2) is 0 Å². The number of nitrogens with zero attached hydrogens (tertiary/aromatic N) is 1. The first-order valence-electron chi connectivity index (χ1n) is 11.6. The third kappa shape index (κ3) is 5.31. The summed E-state index contributed by atoms with van der Waals surface area (Å²) in [5.74, 6) is -0.668. The third-order valence-corrected chi connectivity index (χ3v) is 7.18. The second-order valence-electron chi connectivity index (χ2n) is 8.53. The Balaban J connectivity index is 1.34. The number of para-hydroxylation sites is 1. The molecule has 178 valence electrons. The highest BCUT2D eigenvalue weighted by Gasteiger charge is 2.29. The van der Waals surface area contributed by atoms with Crippen LogP contribution < -0.4 is 10.2 Å². The van der Waals surface area contributed by atoms with Gasteiger partial charge in [-0.25, -0.2) is 4.39 Å². The maximum absolute atomic E-state index is 14.3. The molecule has 3 aromatic rings. The molecule has 0 aliphatic carbocycles. The number of rotatable bonds is 6. The fraction of sp³-hybridized carbons (Fsp3) is 0.214. The number of carbonyl (C=O) groups excluding carboxylic acids is 2. The van der Waals surface area contributed by atoms with Crippen LogP contribution >= 0.6 is 11.8 Å². The van der Waals surface area contributed by atoms with E-state index in [2.05, 4.69) is 5.32 Å². The smallest absolute Gasteiger partial charge is 0.265 e. The average molecular weight is 489 g/mol. The van der Waals surface area contributed by atoms with E-state index in [0.29, 0.717) is 22.6 Å². The highest BCUT2D eigenvalue weighted by molar-refractivity contribution is 8.04. The molecule has 1 atom stereocenters. The lowest BCUT2D eigenvalue weighted by molar-refractivity contribution is -0.114. The molecule has 0 bridgehead atoms. The molecule has 7 heteroatoms. The van der Waals surface area contributed by atoms with Gasteiger partial charge in [-0.3, -0.25) is 9.59 Å². The Morgan fingerprint density at radius 2 is 1.86 bits per heavy atom. The third-order valence-electron chi connectivity index (χ3n) is 6.10. The van der Waals surface area contributed by atoms with Gasteiger partial charge >= 0.3 is 0 Å². The minimum Gasteiger partial charge on any atom is -0.376 e. The zero-order valence-corrected chi connectivity index (χ0v) is 19.9. The van der Waals surface area contributed by atoms with E-state index in [1.54, 1.807) is 35.2 Å². The van der Waals surface area contributed by atoms with Crippen LogP contribution in [0, 0.1) is 5.82 Å². The summed E-state index contributed by atoms with van der Waals surface area (Å²) in [5.41, 5.74) is 2.59. The Labute approximate surface area is 208 Å². The van der Waals surface area contributed by atoms with Crippen molar-refractivity contribution in [2.75, 3.05) is 18.1 Å². The molecule has 5 rings (SSSR count). The monoisotopic (exact) mass is 488 g/mol. The molecular weight excluding hydrogens is 463 g/mol. The van der Waals surface area contributed by atoms with E-state index in [0.717, 1.165) is 35.6 Å². The first-order valence-corrected chi connectivity index (χ1v) is 12.4. The van der Waals surface area contributed by atoms with E-state index in [4.69, 9.17) is 4.74 Å². The van der Waals surface area contributed by atoms with Gasteiger partial charge in [-0.15, -0.1) is 0 Å². The average Bonchev–Trinajstić information content (AvgIpc) is 3.40. The molecule has 1 N–H and O–H groups in total. The Bertz CT molecular complexity index is 1270. The quantitative estimate of drug-likeness (QED) is 0.471. The number of benzene rings is 3. The van der Waals surface area contributed by atoms with Crippen LogP contribution in [0.4, 0.5) is 10.1 Å². The number of hydrogen-bond donors (Lipinski definition) is 1. The minimum absolute atomic E-state index is 0.0903. The van der Waals surface area contributed by atoms with E-state index >= 15 is 0 Å². The van der Waals surface area contributed by atoms with Crippen LogP contribution in [0.2, 0.25) is 0 Å². The van der Waals surface area contributed by atoms with Crippen LogP contribution in [0.3, 0.4) is 0 Å². The molecule has 2 aliphatic rings. The fourth-order valence-electron chi connectivity index (χ4n) is 4.21. The number of amides is 2. The summed E-state index contributed by atoms with van der Waals surface area (Å²) in [5, 5.41) is 2.92. The predicted octanol–water partition coefficient (Wildman–Crippen LogP) is 5.41. The first kappa shape index (κ1) is 23.3. The molecule has 35 heavy (non-hydrogen) atoms. The van der Waals surface area contributed by atoms with Gasteiger partial charge in [0.1, 0.15) is 5.82 Å². The lowest BCUT2D eigenvalue weighted by Gasteiger charge is -2.30. The van der Waals surface area contributed by atoms with Gasteiger partial charge in [-0.2, -0.15) is 0 Å². The molecule has 0 unspecified atom stereocenters. The van der Waals surface area contributed by atoms with Crippen molar-refractivity contribution >= 4 is 35.3 Å². The highest BCUT2D eigenvalue weighted by atomic mass is 32.2. The molecule has 2 amide bonds. The summed E-state index contributed by atoms with van der Waals surface area (Å²) in [6.07, 6.45) is 3.90.